The van der Waals surface area contributed by atoms with Crippen molar-refractivity contribution in [3.05, 3.63) is 29.3 Å². The number of aliphatic hydroxyl groups is 1. The van der Waals surface area contributed by atoms with Crippen LogP contribution in [0.4, 0.5) is 0 Å². The Morgan fingerprint density at radius 1 is 1.50 bits per heavy atom. The number of hydrogen-bond donors (Lipinski definition) is 2. The van der Waals surface area contributed by atoms with Gasteiger partial charge in [0.05, 0.1) is 13.2 Å². The van der Waals surface area contributed by atoms with E-state index in [1.54, 1.807) is 7.11 Å². The average molecular weight is 251 g/mol. The van der Waals surface area contributed by atoms with Gasteiger partial charge in [-0.1, -0.05) is 11.6 Å². The summed E-state index contributed by atoms with van der Waals surface area (Å²) < 4.78 is 5.22. The summed E-state index contributed by atoms with van der Waals surface area (Å²) in [5.74, 6) is 0.618. The molecule has 0 aliphatic rings. The molecule has 0 radical (unpaired) electrons. The Kier molecular flexibility index (Phi) is 5.65. The number of amides is 1. The largest absolute Gasteiger partial charge is 0.496 e. The number of rotatable bonds is 6. The lowest BCUT2D eigenvalue weighted by atomic mass is 10.0. The van der Waals surface area contributed by atoms with Crippen molar-refractivity contribution in [1.29, 1.82) is 0 Å². The first-order valence-corrected chi connectivity index (χ1v) is 6.17. The molecule has 4 heteroatoms. The van der Waals surface area contributed by atoms with Gasteiger partial charge in [-0.05, 0) is 32.4 Å². The van der Waals surface area contributed by atoms with Gasteiger partial charge in [0, 0.05) is 18.5 Å². The van der Waals surface area contributed by atoms with Crippen molar-refractivity contribution in [1.82, 2.24) is 5.32 Å². The van der Waals surface area contributed by atoms with Crippen molar-refractivity contribution >= 4 is 5.91 Å². The molecule has 0 aliphatic carbocycles. The molecule has 0 bridgehead atoms. The Hall–Kier alpha value is -1.55. The molecule has 1 aromatic carbocycles. The summed E-state index contributed by atoms with van der Waals surface area (Å²) in [4.78, 5) is 11.3. The summed E-state index contributed by atoms with van der Waals surface area (Å²) >= 11 is 0. The first-order valence-electron chi connectivity index (χ1n) is 6.17. The molecule has 2 N–H and O–H groups in total. The summed E-state index contributed by atoms with van der Waals surface area (Å²) in [6.45, 7) is 4.44. The number of aliphatic hydroxyl groups excluding tert-OH is 1. The van der Waals surface area contributed by atoms with Crippen molar-refractivity contribution in [2.75, 3.05) is 13.7 Å². The SMILES string of the molecule is CCNC(=O)CCC(O)c1cc(C)ccc1OC. The Balaban J connectivity index is 2.68. The van der Waals surface area contributed by atoms with Crippen LogP contribution in [0.2, 0.25) is 0 Å². The predicted octanol–water partition coefficient (Wildman–Crippen LogP) is 1.95. The second kappa shape index (κ2) is 7.01. The minimum Gasteiger partial charge on any atom is -0.496 e. The van der Waals surface area contributed by atoms with Gasteiger partial charge in [0.2, 0.25) is 5.91 Å². The normalized spacial score (nSPS) is 12.0. The number of benzene rings is 1. The molecule has 100 valence electrons. The highest BCUT2D eigenvalue weighted by Gasteiger charge is 2.14. The van der Waals surface area contributed by atoms with E-state index in [0.29, 0.717) is 25.1 Å². The number of methoxy groups -OCH3 is 1. The molecule has 0 saturated carbocycles. The van der Waals surface area contributed by atoms with Crippen LogP contribution >= 0.6 is 0 Å². The smallest absolute Gasteiger partial charge is 0.220 e. The van der Waals surface area contributed by atoms with Crippen molar-refractivity contribution < 1.29 is 14.6 Å². The molecule has 0 saturated heterocycles. The number of nitrogens with one attached hydrogen (secondary N) is 1. The van der Waals surface area contributed by atoms with E-state index >= 15 is 0 Å². The third kappa shape index (κ3) is 4.04. The van der Waals surface area contributed by atoms with Crippen LogP contribution in [0.25, 0.3) is 0 Å². The molecule has 0 heterocycles. The lowest BCUT2D eigenvalue weighted by Gasteiger charge is -2.15. The summed E-state index contributed by atoms with van der Waals surface area (Å²) in [7, 11) is 1.57. The molecule has 1 atom stereocenters. The van der Waals surface area contributed by atoms with Crippen molar-refractivity contribution in [2.45, 2.75) is 32.8 Å². The van der Waals surface area contributed by atoms with Crippen LogP contribution in [0.1, 0.15) is 37.0 Å². The molecular weight excluding hydrogens is 230 g/mol. The van der Waals surface area contributed by atoms with Crippen LogP contribution in [-0.2, 0) is 4.79 Å². The second-order valence-corrected chi connectivity index (χ2v) is 4.25. The highest BCUT2D eigenvalue weighted by molar-refractivity contribution is 5.75. The lowest BCUT2D eigenvalue weighted by Crippen LogP contribution is -2.22. The fourth-order valence-corrected chi connectivity index (χ4v) is 1.82. The van der Waals surface area contributed by atoms with Crippen LogP contribution in [0, 0.1) is 6.92 Å². The molecular formula is C14H21NO3. The monoisotopic (exact) mass is 251 g/mol. The average Bonchev–Trinajstić information content (AvgIpc) is 2.36. The van der Waals surface area contributed by atoms with E-state index in [4.69, 9.17) is 4.74 Å². The van der Waals surface area contributed by atoms with Gasteiger partial charge in [-0.25, -0.2) is 0 Å². The number of ether oxygens (including phenoxy) is 1. The van der Waals surface area contributed by atoms with E-state index in [1.165, 1.54) is 0 Å². The quantitative estimate of drug-likeness (QED) is 0.812. The number of hydrogen-bond acceptors (Lipinski definition) is 3. The van der Waals surface area contributed by atoms with Gasteiger partial charge >= 0.3 is 0 Å². The van der Waals surface area contributed by atoms with E-state index in [1.807, 2.05) is 32.0 Å². The van der Waals surface area contributed by atoms with Crippen molar-refractivity contribution in [2.24, 2.45) is 0 Å². The van der Waals surface area contributed by atoms with Crippen LogP contribution in [0.15, 0.2) is 18.2 Å². The minimum atomic E-state index is -0.678. The van der Waals surface area contributed by atoms with Crippen molar-refractivity contribution in [3.63, 3.8) is 0 Å². The Morgan fingerprint density at radius 2 is 2.22 bits per heavy atom. The maximum atomic E-state index is 11.3. The summed E-state index contributed by atoms with van der Waals surface area (Å²) in [5.41, 5.74) is 1.80. The summed E-state index contributed by atoms with van der Waals surface area (Å²) in [6, 6.07) is 5.65. The Bertz CT molecular complexity index is 404. The number of carbonyl (C=O) groups excluding carboxylic acids is 1. The minimum absolute atomic E-state index is 0.0387. The highest BCUT2D eigenvalue weighted by atomic mass is 16.5. The van der Waals surface area contributed by atoms with E-state index in [0.717, 1.165) is 11.1 Å². The Morgan fingerprint density at radius 3 is 2.83 bits per heavy atom. The van der Waals surface area contributed by atoms with Crippen LogP contribution < -0.4 is 10.1 Å². The van der Waals surface area contributed by atoms with E-state index < -0.39 is 6.10 Å². The third-order valence-corrected chi connectivity index (χ3v) is 2.76. The zero-order valence-corrected chi connectivity index (χ0v) is 11.2. The molecule has 1 aromatic rings. The maximum Gasteiger partial charge on any atom is 0.220 e. The highest BCUT2D eigenvalue weighted by Crippen LogP contribution is 2.28. The molecule has 0 fully saturated rings. The van der Waals surface area contributed by atoms with Crippen molar-refractivity contribution in [3.8, 4) is 5.75 Å². The van der Waals surface area contributed by atoms with Gasteiger partial charge in [0.1, 0.15) is 5.75 Å². The molecule has 0 spiro atoms. The fourth-order valence-electron chi connectivity index (χ4n) is 1.82. The van der Waals surface area contributed by atoms with E-state index in [9.17, 15) is 9.90 Å². The molecule has 0 aliphatic heterocycles. The number of carbonyl (C=O) groups is 1. The third-order valence-electron chi connectivity index (χ3n) is 2.76. The molecule has 1 unspecified atom stereocenters. The van der Waals surface area contributed by atoms with Gasteiger partial charge in [-0.3, -0.25) is 4.79 Å². The Labute approximate surface area is 108 Å². The molecule has 4 nitrogen and oxygen atoms in total. The van der Waals surface area contributed by atoms with Gasteiger partial charge in [0.25, 0.3) is 0 Å². The molecule has 0 aromatic heterocycles. The standard InChI is InChI=1S/C14H21NO3/c1-4-15-14(17)8-6-12(16)11-9-10(2)5-7-13(11)18-3/h5,7,9,12,16H,4,6,8H2,1-3H3,(H,15,17). The van der Waals surface area contributed by atoms with Crippen LogP contribution in [0.5, 0.6) is 5.75 Å². The topological polar surface area (TPSA) is 58.6 Å². The molecule has 1 rings (SSSR count). The van der Waals surface area contributed by atoms with Gasteiger partial charge in [-0.2, -0.15) is 0 Å². The van der Waals surface area contributed by atoms with E-state index in [2.05, 4.69) is 5.32 Å². The summed E-state index contributed by atoms with van der Waals surface area (Å²) in [5, 5.41) is 12.8. The lowest BCUT2D eigenvalue weighted by molar-refractivity contribution is -0.121. The summed E-state index contributed by atoms with van der Waals surface area (Å²) in [6.07, 6.45) is 0.0278. The maximum absolute atomic E-state index is 11.3. The first kappa shape index (κ1) is 14.5. The van der Waals surface area contributed by atoms with Gasteiger partial charge < -0.3 is 15.2 Å². The first-order chi connectivity index (χ1) is 8.58. The van der Waals surface area contributed by atoms with Crippen LogP contribution in [0.3, 0.4) is 0 Å². The zero-order valence-electron chi connectivity index (χ0n) is 11.2. The molecule has 1 amide bonds. The second-order valence-electron chi connectivity index (χ2n) is 4.25. The zero-order chi connectivity index (χ0) is 13.5. The fraction of sp³-hybridized carbons (Fsp3) is 0.500. The number of aryl methyl sites for hydroxylation is 1. The van der Waals surface area contributed by atoms with Gasteiger partial charge in [-0.15, -0.1) is 0 Å². The van der Waals surface area contributed by atoms with E-state index in [-0.39, 0.29) is 5.91 Å². The predicted molar refractivity (Wildman–Crippen MR) is 70.6 cm³/mol. The molecule has 18 heavy (non-hydrogen) atoms. The van der Waals surface area contributed by atoms with Crippen LogP contribution in [-0.4, -0.2) is 24.7 Å². The van der Waals surface area contributed by atoms with Gasteiger partial charge in [0.15, 0.2) is 0 Å².